The summed E-state index contributed by atoms with van der Waals surface area (Å²) in [4.78, 5) is 25.7. The summed E-state index contributed by atoms with van der Waals surface area (Å²) < 4.78 is 16.8. The Bertz CT molecular complexity index is 1040. The van der Waals surface area contributed by atoms with Crippen LogP contribution >= 0.6 is 0 Å². The maximum Gasteiger partial charge on any atom is 0.345 e. The van der Waals surface area contributed by atoms with Crippen LogP contribution in [-0.2, 0) is 14.3 Å². The maximum absolute atomic E-state index is 13.1. The zero-order valence-corrected chi connectivity index (χ0v) is 18.5. The van der Waals surface area contributed by atoms with Gasteiger partial charge in [-0.15, -0.1) is 0 Å². The second-order valence-electron chi connectivity index (χ2n) is 7.21. The van der Waals surface area contributed by atoms with Crippen LogP contribution in [0.25, 0.3) is 0 Å². The van der Waals surface area contributed by atoms with E-state index in [1.165, 1.54) is 0 Å². The summed E-state index contributed by atoms with van der Waals surface area (Å²) in [6.07, 6.45) is -1.14. The predicted molar refractivity (Wildman–Crippen MR) is 123 cm³/mol. The fraction of sp³-hybridized carbons (Fsp3) is 0.231. The van der Waals surface area contributed by atoms with E-state index in [2.05, 4.69) is 5.32 Å². The number of anilines is 1. The van der Waals surface area contributed by atoms with Gasteiger partial charge in [-0.1, -0.05) is 60.7 Å². The minimum atomic E-state index is -1.14. The molecule has 0 aromatic heterocycles. The Hall–Kier alpha value is -3.80. The van der Waals surface area contributed by atoms with Gasteiger partial charge in [-0.3, -0.25) is 4.79 Å². The zero-order valence-electron chi connectivity index (χ0n) is 18.5. The Morgan fingerprint density at radius 2 is 1.50 bits per heavy atom. The third kappa shape index (κ3) is 5.88. The van der Waals surface area contributed by atoms with E-state index in [1.54, 1.807) is 42.5 Å². The van der Waals surface area contributed by atoms with Crippen molar-refractivity contribution < 1.29 is 23.8 Å². The van der Waals surface area contributed by atoms with Crippen molar-refractivity contribution in [1.82, 2.24) is 0 Å². The van der Waals surface area contributed by atoms with Crippen LogP contribution < -0.4 is 14.8 Å². The van der Waals surface area contributed by atoms with E-state index in [0.29, 0.717) is 29.4 Å². The SMILES string of the molecule is CCOc1ccccc1NC(=O)C(OC(=O)COc1c(C)cccc1C)c1ccccc1. The van der Waals surface area contributed by atoms with Gasteiger partial charge < -0.3 is 19.5 Å². The van der Waals surface area contributed by atoms with Crippen LogP contribution in [0.1, 0.15) is 29.7 Å². The predicted octanol–water partition coefficient (Wildman–Crippen LogP) is 5.00. The lowest BCUT2D eigenvalue weighted by molar-refractivity contribution is -0.156. The van der Waals surface area contributed by atoms with E-state index in [4.69, 9.17) is 14.2 Å². The average Bonchev–Trinajstić information content (AvgIpc) is 2.79. The number of carbonyl (C=O) groups is 2. The molecule has 0 radical (unpaired) electrons. The van der Waals surface area contributed by atoms with Gasteiger partial charge in [-0.2, -0.15) is 0 Å². The van der Waals surface area contributed by atoms with Gasteiger partial charge in [-0.05, 0) is 44.0 Å². The molecule has 32 heavy (non-hydrogen) atoms. The van der Waals surface area contributed by atoms with Crippen molar-refractivity contribution >= 4 is 17.6 Å². The van der Waals surface area contributed by atoms with Gasteiger partial charge in [0.1, 0.15) is 11.5 Å². The molecule has 166 valence electrons. The highest BCUT2D eigenvalue weighted by molar-refractivity contribution is 5.97. The first-order valence-corrected chi connectivity index (χ1v) is 10.5. The van der Waals surface area contributed by atoms with Gasteiger partial charge >= 0.3 is 5.97 Å². The fourth-order valence-electron chi connectivity index (χ4n) is 3.27. The van der Waals surface area contributed by atoms with Gasteiger partial charge in [0.25, 0.3) is 5.91 Å². The van der Waals surface area contributed by atoms with Crippen LogP contribution in [0.3, 0.4) is 0 Å². The molecule has 0 spiro atoms. The molecule has 0 aliphatic heterocycles. The number of nitrogens with one attached hydrogen (secondary N) is 1. The number of aryl methyl sites for hydroxylation is 2. The molecule has 0 saturated heterocycles. The Morgan fingerprint density at radius 3 is 2.19 bits per heavy atom. The first-order chi connectivity index (χ1) is 15.5. The first-order valence-electron chi connectivity index (χ1n) is 10.5. The minimum Gasteiger partial charge on any atom is -0.492 e. The zero-order chi connectivity index (χ0) is 22.9. The van der Waals surface area contributed by atoms with Crippen molar-refractivity contribution in [2.45, 2.75) is 26.9 Å². The van der Waals surface area contributed by atoms with E-state index in [1.807, 2.05) is 51.1 Å². The number of hydrogen-bond acceptors (Lipinski definition) is 5. The lowest BCUT2D eigenvalue weighted by Gasteiger charge is -2.19. The van der Waals surface area contributed by atoms with Gasteiger partial charge in [0.2, 0.25) is 6.10 Å². The molecular formula is C26H27NO5. The molecule has 0 bridgehead atoms. The molecule has 1 atom stereocenters. The number of benzene rings is 3. The molecular weight excluding hydrogens is 406 g/mol. The van der Waals surface area contributed by atoms with Gasteiger partial charge in [0.05, 0.1) is 12.3 Å². The van der Waals surface area contributed by atoms with Crippen molar-refractivity contribution in [1.29, 1.82) is 0 Å². The molecule has 3 aromatic rings. The van der Waals surface area contributed by atoms with E-state index in [9.17, 15) is 9.59 Å². The molecule has 1 N–H and O–H groups in total. The summed E-state index contributed by atoms with van der Waals surface area (Å²) in [6.45, 7) is 5.83. The van der Waals surface area contributed by atoms with Crippen LogP contribution in [0.15, 0.2) is 72.8 Å². The molecule has 6 heteroatoms. The Kier molecular flexibility index (Phi) is 7.86. The Morgan fingerprint density at radius 1 is 0.844 bits per heavy atom. The van der Waals surface area contributed by atoms with Crippen molar-refractivity contribution in [3.8, 4) is 11.5 Å². The summed E-state index contributed by atoms with van der Waals surface area (Å²) in [5.41, 5.74) is 2.90. The van der Waals surface area contributed by atoms with Crippen molar-refractivity contribution in [3.05, 3.63) is 89.5 Å². The second-order valence-corrected chi connectivity index (χ2v) is 7.21. The third-order valence-corrected chi connectivity index (χ3v) is 4.78. The lowest BCUT2D eigenvalue weighted by Crippen LogP contribution is -2.28. The summed E-state index contributed by atoms with van der Waals surface area (Å²) in [6, 6.07) is 21.7. The number of carbonyl (C=O) groups excluding carboxylic acids is 2. The largest absolute Gasteiger partial charge is 0.492 e. The molecule has 0 saturated carbocycles. The summed E-state index contributed by atoms with van der Waals surface area (Å²) >= 11 is 0. The van der Waals surface area contributed by atoms with E-state index in [-0.39, 0.29) is 6.61 Å². The Labute approximate surface area is 188 Å². The van der Waals surface area contributed by atoms with E-state index in [0.717, 1.165) is 11.1 Å². The van der Waals surface area contributed by atoms with Crippen molar-refractivity contribution in [2.24, 2.45) is 0 Å². The van der Waals surface area contributed by atoms with E-state index < -0.39 is 18.0 Å². The normalized spacial score (nSPS) is 11.3. The number of esters is 1. The number of ether oxygens (including phenoxy) is 3. The second kappa shape index (κ2) is 11.0. The number of hydrogen-bond donors (Lipinski definition) is 1. The number of amides is 1. The van der Waals surface area contributed by atoms with Gasteiger partial charge in [0.15, 0.2) is 6.61 Å². The number of rotatable bonds is 9. The quantitative estimate of drug-likeness (QED) is 0.481. The van der Waals surface area contributed by atoms with Gasteiger partial charge in [-0.25, -0.2) is 4.79 Å². The molecule has 0 aliphatic rings. The maximum atomic E-state index is 13.1. The Balaban J connectivity index is 1.75. The topological polar surface area (TPSA) is 73.9 Å². The first kappa shape index (κ1) is 22.9. The molecule has 0 fully saturated rings. The molecule has 3 rings (SSSR count). The third-order valence-electron chi connectivity index (χ3n) is 4.78. The summed E-state index contributed by atoms with van der Waals surface area (Å²) in [5.74, 6) is 0.0502. The molecule has 0 heterocycles. The fourth-order valence-corrected chi connectivity index (χ4v) is 3.27. The summed E-state index contributed by atoms with van der Waals surface area (Å²) in [5, 5.41) is 2.81. The van der Waals surface area contributed by atoms with Crippen molar-refractivity contribution in [3.63, 3.8) is 0 Å². The highest BCUT2D eigenvalue weighted by Crippen LogP contribution is 2.27. The van der Waals surface area contributed by atoms with E-state index >= 15 is 0 Å². The van der Waals surface area contributed by atoms with Crippen LogP contribution in [0.5, 0.6) is 11.5 Å². The molecule has 1 amide bonds. The van der Waals surface area contributed by atoms with Crippen LogP contribution in [-0.4, -0.2) is 25.1 Å². The van der Waals surface area contributed by atoms with Crippen molar-refractivity contribution in [2.75, 3.05) is 18.5 Å². The highest BCUT2D eigenvalue weighted by atomic mass is 16.6. The molecule has 6 nitrogen and oxygen atoms in total. The molecule has 1 unspecified atom stereocenters. The van der Waals surface area contributed by atoms with Crippen LogP contribution in [0, 0.1) is 13.8 Å². The monoisotopic (exact) mass is 433 g/mol. The smallest absolute Gasteiger partial charge is 0.345 e. The molecule has 0 aliphatic carbocycles. The van der Waals surface area contributed by atoms with Crippen LogP contribution in [0.2, 0.25) is 0 Å². The molecule has 3 aromatic carbocycles. The summed E-state index contributed by atoms with van der Waals surface area (Å²) in [7, 11) is 0. The van der Waals surface area contributed by atoms with Crippen LogP contribution in [0.4, 0.5) is 5.69 Å². The van der Waals surface area contributed by atoms with Gasteiger partial charge in [0, 0.05) is 5.56 Å². The average molecular weight is 434 g/mol. The highest BCUT2D eigenvalue weighted by Gasteiger charge is 2.26. The lowest BCUT2D eigenvalue weighted by atomic mass is 10.1. The standard InChI is InChI=1S/C26H27NO5/c1-4-30-22-16-9-8-15-21(22)27-26(29)25(20-13-6-5-7-14-20)32-23(28)17-31-24-18(2)11-10-12-19(24)3/h5-16,25H,4,17H2,1-3H3,(H,27,29). The number of para-hydroxylation sites is 3. The minimum absolute atomic E-state index is 0.308.